The van der Waals surface area contributed by atoms with Crippen LogP contribution in [0.4, 0.5) is 5.69 Å². The summed E-state index contributed by atoms with van der Waals surface area (Å²) in [5.74, 6) is -7.10. The van der Waals surface area contributed by atoms with Crippen LogP contribution in [0.25, 0.3) is 10.4 Å². The van der Waals surface area contributed by atoms with Gasteiger partial charge < -0.3 is 44.3 Å². The molecule has 1 aliphatic heterocycles. The number of aliphatic hydroxyl groups is 3. The molecule has 2 aromatic rings. The Labute approximate surface area is 369 Å². The number of benzene rings is 2. The first kappa shape index (κ1) is 47.6. The molecule has 18 nitrogen and oxygen atoms in total. The summed E-state index contributed by atoms with van der Waals surface area (Å²) in [6, 6.07) is 12.3. The minimum Gasteiger partial charge on any atom is -0.456 e. The maximum atomic E-state index is 15.6. The van der Waals surface area contributed by atoms with E-state index < -0.39 is 113 Å². The Bertz CT molecular complexity index is 2340. The second-order valence-corrected chi connectivity index (χ2v) is 17.6. The predicted molar refractivity (Wildman–Crippen MR) is 225 cm³/mol. The van der Waals surface area contributed by atoms with Crippen molar-refractivity contribution in [2.75, 3.05) is 6.61 Å². The molecule has 64 heavy (non-hydrogen) atoms. The molecule has 18 heteroatoms. The summed E-state index contributed by atoms with van der Waals surface area (Å²) >= 11 is 0. The Kier molecular flexibility index (Phi) is 13.3. The van der Waals surface area contributed by atoms with Crippen LogP contribution in [0.3, 0.4) is 0 Å². The van der Waals surface area contributed by atoms with Crippen molar-refractivity contribution in [2.45, 2.75) is 129 Å². The summed E-state index contributed by atoms with van der Waals surface area (Å²) in [5.41, 5.74) is 1.60. The fourth-order valence-corrected chi connectivity index (χ4v) is 9.98. The molecule has 4 aliphatic rings. The number of carbonyl (C=O) groups is 6. The van der Waals surface area contributed by atoms with E-state index in [1.54, 1.807) is 50.3 Å². The molecular weight excluding hydrogens is 833 g/mol. The van der Waals surface area contributed by atoms with Crippen molar-refractivity contribution >= 4 is 41.3 Å². The number of ketones is 1. The largest absolute Gasteiger partial charge is 0.456 e. The molecule has 2 saturated carbocycles. The number of hydrogen-bond donors (Lipinski definition) is 4. The van der Waals surface area contributed by atoms with Gasteiger partial charge in [0, 0.05) is 47.8 Å². The van der Waals surface area contributed by atoms with Crippen molar-refractivity contribution in [3.63, 3.8) is 0 Å². The van der Waals surface area contributed by atoms with E-state index in [-0.39, 0.29) is 41.8 Å². The average Bonchev–Trinajstić information content (AvgIpc) is 3.26. The molecule has 2 bridgehead atoms. The Morgan fingerprint density at radius 1 is 1.05 bits per heavy atom. The fraction of sp³-hybridized carbons (Fsp3) is 0.522. The van der Waals surface area contributed by atoms with Crippen molar-refractivity contribution in [1.82, 2.24) is 5.32 Å². The van der Waals surface area contributed by atoms with Crippen LogP contribution in [0.15, 0.2) is 82.5 Å². The van der Waals surface area contributed by atoms with Gasteiger partial charge in [-0.2, -0.15) is 0 Å². The Morgan fingerprint density at radius 3 is 2.33 bits per heavy atom. The fourth-order valence-electron chi connectivity index (χ4n) is 9.98. The molecule has 3 fully saturated rings. The van der Waals surface area contributed by atoms with Gasteiger partial charge in [0.25, 0.3) is 0 Å². The Morgan fingerprint density at radius 2 is 1.73 bits per heavy atom. The highest BCUT2D eigenvalue weighted by Crippen LogP contribution is 2.64. The van der Waals surface area contributed by atoms with E-state index in [1.807, 2.05) is 0 Å². The van der Waals surface area contributed by atoms with Crippen LogP contribution in [0.2, 0.25) is 0 Å². The van der Waals surface area contributed by atoms with Gasteiger partial charge in [-0.05, 0) is 62.1 Å². The molecule has 1 heterocycles. The van der Waals surface area contributed by atoms with Gasteiger partial charge >= 0.3 is 23.9 Å². The molecule has 6 rings (SSSR count). The number of ether oxygens (including phenoxy) is 5. The van der Waals surface area contributed by atoms with Crippen molar-refractivity contribution in [2.24, 2.45) is 21.9 Å². The summed E-state index contributed by atoms with van der Waals surface area (Å²) in [5, 5.41) is 43.9. The van der Waals surface area contributed by atoms with Gasteiger partial charge in [0.1, 0.15) is 23.9 Å². The summed E-state index contributed by atoms with van der Waals surface area (Å²) in [6.45, 7) is 11.4. The van der Waals surface area contributed by atoms with E-state index >= 15 is 4.79 Å². The minimum atomic E-state index is -2.47. The van der Waals surface area contributed by atoms with Gasteiger partial charge in [-0.15, -0.1) is 0 Å². The Hall–Kier alpha value is -5.91. The zero-order valence-corrected chi connectivity index (χ0v) is 36.9. The van der Waals surface area contributed by atoms with Crippen molar-refractivity contribution in [3.8, 4) is 0 Å². The molecule has 3 aliphatic carbocycles. The first-order chi connectivity index (χ1) is 30.1. The number of Topliss-reactive ketones (excluding diaryl/α,β-unsaturated/α-hetero) is 1. The molecule has 1 saturated heterocycles. The number of rotatable bonds is 12. The zero-order chi connectivity index (χ0) is 47.1. The number of hydrogen-bond acceptors (Lipinski definition) is 15. The van der Waals surface area contributed by atoms with E-state index in [9.17, 15) is 39.3 Å². The number of allylic oxidation sites excluding steroid dienone is 1. The summed E-state index contributed by atoms with van der Waals surface area (Å²) in [6.07, 6.45) is -9.56. The molecule has 342 valence electrons. The Balaban J connectivity index is 1.58. The van der Waals surface area contributed by atoms with E-state index in [1.165, 1.54) is 58.9 Å². The van der Waals surface area contributed by atoms with Gasteiger partial charge in [-0.3, -0.25) is 19.2 Å². The molecule has 1 amide bonds. The van der Waals surface area contributed by atoms with E-state index in [0.717, 1.165) is 6.92 Å². The third-order valence-electron chi connectivity index (χ3n) is 13.7. The van der Waals surface area contributed by atoms with E-state index in [2.05, 4.69) is 15.3 Å². The lowest BCUT2D eigenvalue weighted by atomic mass is 9.44. The highest BCUT2D eigenvalue weighted by atomic mass is 16.6. The SMILES string of the molecule is C/C=C(\C)C(=O)N[C@@H](c1ccccc1)[C@@H](O)C(=O)O[C@H]1C[C@@]2(O)[C@@H](OC(=O)c3cccc(N=[N+]=[N-])c3)[C@@H]3[C@]4(OC(C)=O)CO[C@@H]4C[C@@H](O)[C@@]3(C)C(=O)[C@H](OC(=O)CC)C(=C1C)C2(C)C. The van der Waals surface area contributed by atoms with Gasteiger partial charge in [0.15, 0.2) is 23.6 Å². The van der Waals surface area contributed by atoms with Gasteiger partial charge in [0.2, 0.25) is 5.91 Å². The topological polar surface area (TPSA) is 270 Å². The van der Waals surface area contributed by atoms with Crippen LogP contribution in [0, 0.1) is 16.7 Å². The number of aliphatic hydroxyl groups excluding tert-OH is 2. The third kappa shape index (κ3) is 7.98. The molecule has 0 aromatic heterocycles. The molecule has 11 atom stereocenters. The smallest absolute Gasteiger partial charge is 0.338 e. The lowest BCUT2D eigenvalue weighted by Gasteiger charge is -2.67. The van der Waals surface area contributed by atoms with E-state index in [0.29, 0.717) is 11.1 Å². The van der Waals surface area contributed by atoms with Crippen molar-refractivity contribution in [3.05, 3.63) is 99.0 Å². The third-order valence-corrected chi connectivity index (χ3v) is 13.7. The lowest BCUT2D eigenvalue weighted by Crippen LogP contribution is -2.82. The number of esters is 4. The minimum absolute atomic E-state index is 0.0382. The molecule has 0 spiro atoms. The lowest BCUT2D eigenvalue weighted by molar-refractivity contribution is -0.346. The van der Waals surface area contributed by atoms with Crippen molar-refractivity contribution < 1.29 is 67.8 Å². The number of nitrogens with zero attached hydrogens (tertiary/aromatic N) is 3. The number of fused-ring (bicyclic) bond motifs is 5. The molecule has 2 aromatic carbocycles. The number of azide groups is 1. The van der Waals surface area contributed by atoms with Gasteiger partial charge in [-0.25, -0.2) is 9.59 Å². The van der Waals surface area contributed by atoms with Crippen molar-refractivity contribution in [1.29, 1.82) is 0 Å². The van der Waals surface area contributed by atoms with Crippen LogP contribution in [-0.2, 0) is 47.7 Å². The van der Waals surface area contributed by atoms with Gasteiger partial charge in [0.05, 0.1) is 35.6 Å². The average molecular weight is 887 g/mol. The van der Waals surface area contributed by atoms with Gasteiger partial charge in [-0.1, -0.05) is 74.4 Å². The maximum absolute atomic E-state index is 15.6. The highest BCUT2D eigenvalue weighted by Gasteiger charge is 2.78. The summed E-state index contributed by atoms with van der Waals surface area (Å²) in [4.78, 5) is 86.7. The molecule has 0 radical (unpaired) electrons. The van der Waals surface area contributed by atoms with Crippen LogP contribution < -0.4 is 5.32 Å². The second kappa shape index (κ2) is 17.9. The quantitative estimate of drug-likeness (QED) is 0.0427. The van der Waals surface area contributed by atoms with Crippen LogP contribution in [0.1, 0.15) is 96.6 Å². The van der Waals surface area contributed by atoms with E-state index in [4.69, 9.17) is 29.2 Å². The summed E-state index contributed by atoms with van der Waals surface area (Å²) < 4.78 is 30.4. The number of amides is 1. The number of nitrogens with one attached hydrogen (secondary N) is 1. The maximum Gasteiger partial charge on any atom is 0.338 e. The second-order valence-electron chi connectivity index (χ2n) is 17.6. The van der Waals surface area contributed by atoms with Crippen LogP contribution >= 0.6 is 0 Å². The zero-order valence-electron chi connectivity index (χ0n) is 36.9. The molecule has 4 N–H and O–H groups in total. The predicted octanol–water partition coefficient (Wildman–Crippen LogP) is 4.72. The normalized spacial score (nSPS) is 31.4. The first-order valence-electron chi connectivity index (χ1n) is 21.0. The molecule has 0 unspecified atom stereocenters. The highest BCUT2D eigenvalue weighted by molar-refractivity contribution is 5.96. The molecular formula is C46H54N4O14. The monoisotopic (exact) mass is 886 g/mol. The first-order valence-corrected chi connectivity index (χ1v) is 21.0. The summed E-state index contributed by atoms with van der Waals surface area (Å²) in [7, 11) is 0. The van der Waals surface area contributed by atoms with Crippen LogP contribution in [-0.4, -0.2) is 105 Å². The number of carbonyl (C=O) groups excluding carboxylic acids is 6. The standard InChI is InChI=1S/C46H54N4O14/c1-9-23(3)40(56)48-34(26-15-12-11-13-16-26)35(54)42(58)61-29-21-46(59)39(63-41(57)27-17-14-18-28(19-27)49-50-47)37-44(8,30(52)20-31-45(37,22-60-31)64-25(5)51)38(55)36(62-32(53)10-2)33(24(29)4)43(46,6)7/h9,11-19,29-31,34-37,39,52,54,59H,10,20-22H2,1-8H3,(H,48,56)/b23-9+/t29-,30+,31+,34-,35+,36+,37-,39-,44+,45-,46+/m0/s1. The van der Waals surface area contributed by atoms with Crippen LogP contribution in [0.5, 0.6) is 0 Å².